The molecule has 1 heterocycles. The fraction of sp³-hybridized carbons (Fsp3) is 0.429. The minimum Gasteiger partial charge on any atom is -0.507 e. The Balaban J connectivity index is 2.23. The lowest BCUT2D eigenvalue weighted by molar-refractivity contribution is 0.195. The van der Waals surface area contributed by atoms with Crippen LogP contribution in [-0.2, 0) is 0 Å². The highest BCUT2D eigenvalue weighted by Gasteiger charge is 2.14. The molecule has 2 N–H and O–H groups in total. The molecule has 3 nitrogen and oxygen atoms in total. The van der Waals surface area contributed by atoms with Gasteiger partial charge in [-0.15, -0.1) is 0 Å². The normalized spacial score (nSPS) is 17.8. The maximum atomic E-state index is 9.86. The first-order chi connectivity index (χ1) is 8.08. The third kappa shape index (κ3) is 2.61. The maximum absolute atomic E-state index is 9.86. The van der Waals surface area contributed by atoms with Crippen molar-refractivity contribution in [2.75, 3.05) is 18.0 Å². The van der Waals surface area contributed by atoms with Crippen LogP contribution in [0.3, 0.4) is 0 Å². The van der Waals surface area contributed by atoms with Crippen molar-refractivity contribution in [1.82, 2.24) is 0 Å². The van der Waals surface area contributed by atoms with Gasteiger partial charge >= 0.3 is 0 Å². The highest BCUT2D eigenvalue weighted by atomic mass is 16.3. The molecule has 0 spiro atoms. The number of aliphatic hydroxyl groups is 1. The lowest BCUT2D eigenvalue weighted by Gasteiger charge is -2.28. The lowest BCUT2D eigenvalue weighted by Crippen LogP contribution is -2.28. The highest BCUT2D eigenvalue weighted by Crippen LogP contribution is 2.30. The minimum absolute atomic E-state index is 0.171. The zero-order valence-electron chi connectivity index (χ0n) is 10.3. The first-order valence-electron chi connectivity index (χ1n) is 5.99. The minimum atomic E-state index is -0.632. The maximum Gasteiger partial charge on any atom is 0.123 e. The molecule has 0 bridgehead atoms. The van der Waals surface area contributed by atoms with E-state index in [0.29, 0.717) is 5.56 Å². The zero-order chi connectivity index (χ0) is 12.4. The third-order valence-corrected chi connectivity index (χ3v) is 3.16. The van der Waals surface area contributed by atoms with Gasteiger partial charge in [0.1, 0.15) is 5.75 Å². The molecule has 1 unspecified atom stereocenters. The van der Waals surface area contributed by atoms with Gasteiger partial charge in [0.2, 0.25) is 0 Å². The predicted octanol–water partition coefficient (Wildman–Crippen LogP) is 2.60. The number of phenolic OH excluding ortho intramolecular Hbond substituents is 1. The monoisotopic (exact) mass is 233 g/mol. The fourth-order valence-electron chi connectivity index (χ4n) is 2.21. The van der Waals surface area contributed by atoms with E-state index >= 15 is 0 Å². The molecule has 1 aromatic carbocycles. The van der Waals surface area contributed by atoms with Crippen LogP contribution in [-0.4, -0.2) is 23.3 Å². The number of anilines is 1. The number of hydrogen-bond acceptors (Lipinski definition) is 3. The largest absolute Gasteiger partial charge is 0.507 e. The molecular weight excluding hydrogens is 214 g/mol. The third-order valence-electron chi connectivity index (χ3n) is 3.16. The van der Waals surface area contributed by atoms with Crippen LogP contribution in [0, 0.1) is 0 Å². The molecule has 0 aliphatic carbocycles. The molecule has 0 saturated heterocycles. The van der Waals surface area contributed by atoms with E-state index in [1.165, 1.54) is 5.57 Å². The van der Waals surface area contributed by atoms with Gasteiger partial charge in [0.15, 0.2) is 0 Å². The van der Waals surface area contributed by atoms with Crippen molar-refractivity contribution in [3.63, 3.8) is 0 Å². The Morgan fingerprint density at radius 2 is 2.12 bits per heavy atom. The van der Waals surface area contributed by atoms with E-state index in [0.717, 1.165) is 25.2 Å². The van der Waals surface area contributed by atoms with Gasteiger partial charge in [-0.2, -0.15) is 0 Å². The summed E-state index contributed by atoms with van der Waals surface area (Å²) in [5.74, 6) is 0.171. The smallest absolute Gasteiger partial charge is 0.123 e. The summed E-state index contributed by atoms with van der Waals surface area (Å²) in [6.45, 7) is 5.66. The summed E-state index contributed by atoms with van der Waals surface area (Å²) in [6.07, 6.45) is 2.66. The summed E-state index contributed by atoms with van der Waals surface area (Å²) < 4.78 is 0. The first-order valence-corrected chi connectivity index (χ1v) is 5.99. The van der Waals surface area contributed by atoms with E-state index in [1.54, 1.807) is 19.1 Å². The summed E-state index contributed by atoms with van der Waals surface area (Å²) >= 11 is 0. The van der Waals surface area contributed by atoms with Gasteiger partial charge in [-0.3, -0.25) is 0 Å². The van der Waals surface area contributed by atoms with Crippen molar-refractivity contribution in [3.05, 3.63) is 35.4 Å². The fourth-order valence-corrected chi connectivity index (χ4v) is 2.21. The molecule has 0 amide bonds. The molecule has 17 heavy (non-hydrogen) atoms. The van der Waals surface area contributed by atoms with Gasteiger partial charge < -0.3 is 15.1 Å². The van der Waals surface area contributed by atoms with Crippen molar-refractivity contribution in [1.29, 1.82) is 0 Å². The number of aromatic hydroxyl groups is 1. The van der Waals surface area contributed by atoms with Crippen molar-refractivity contribution in [2.24, 2.45) is 0 Å². The Hall–Kier alpha value is -1.48. The quantitative estimate of drug-likeness (QED) is 0.772. The molecule has 0 saturated carbocycles. The van der Waals surface area contributed by atoms with Gasteiger partial charge in [0.05, 0.1) is 6.10 Å². The molecule has 1 aliphatic rings. The van der Waals surface area contributed by atoms with Crippen LogP contribution in [0.15, 0.2) is 29.8 Å². The standard InChI is InChI=1S/C14H19NO2/c1-10-4-3-7-15(9-10)12-5-6-13(11(2)16)14(17)8-12/h4-6,8,11,16-17H,3,7,9H2,1-2H3. The Kier molecular flexibility index (Phi) is 3.38. The highest BCUT2D eigenvalue weighted by molar-refractivity contribution is 5.55. The Morgan fingerprint density at radius 1 is 1.35 bits per heavy atom. The number of hydrogen-bond donors (Lipinski definition) is 2. The van der Waals surface area contributed by atoms with Crippen LogP contribution in [0.25, 0.3) is 0 Å². The van der Waals surface area contributed by atoms with E-state index in [4.69, 9.17) is 0 Å². The molecule has 1 aromatic rings. The van der Waals surface area contributed by atoms with Crippen LogP contribution < -0.4 is 4.90 Å². The zero-order valence-corrected chi connectivity index (χ0v) is 10.3. The molecule has 3 heteroatoms. The average molecular weight is 233 g/mol. The van der Waals surface area contributed by atoms with E-state index in [9.17, 15) is 10.2 Å². The van der Waals surface area contributed by atoms with E-state index in [2.05, 4.69) is 17.9 Å². The Bertz CT molecular complexity index is 438. The Morgan fingerprint density at radius 3 is 2.71 bits per heavy atom. The Labute approximate surface area is 102 Å². The molecule has 0 aromatic heterocycles. The van der Waals surface area contributed by atoms with E-state index in [-0.39, 0.29) is 5.75 Å². The van der Waals surface area contributed by atoms with Gasteiger partial charge in [-0.1, -0.05) is 17.7 Å². The van der Waals surface area contributed by atoms with Gasteiger partial charge in [-0.25, -0.2) is 0 Å². The molecule has 1 aliphatic heterocycles. The SMILES string of the molecule is CC1=CCCN(c2ccc(C(C)O)c(O)c2)C1. The summed E-state index contributed by atoms with van der Waals surface area (Å²) in [5, 5.41) is 19.3. The summed E-state index contributed by atoms with van der Waals surface area (Å²) in [5.41, 5.74) is 2.95. The van der Waals surface area contributed by atoms with Crippen LogP contribution >= 0.6 is 0 Å². The van der Waals surface area contributed by atoms with Gasteiger partial charge in [0, 0.05) is 30.4 Å². The molecule has 0 radical (unpaired) electrons. The molecular formula is C14H19NO2. The van der Waals surface area contributed by atoms with E-state index < -0.39 is 6.10 Å². The summed E-state index contributed by atoms with van der Waals surface area (Å²) in [6, 6.07) is 5.49. The number of benzene rings is 1. The number of aliphatic hydroxyl groups excluding tert-OH is 1. The number of rotatable bonds is 2. The summed E-state index contributed by atoms with van der Waals surface area (Å²) in [7, 11) is 0. The number of phenols is 1. The summed E-state index contributed by atoms with van der Waals surface area (Å²) in [4.78, 5) is 2.24. The van der Waals surface area contributed by atoms with Crippen LogP contribution in [0.1, 0.15) is 31.9 Å². The van der Waals surface area contributed by atoms with Crippen molar-refractivity contribution in [3.8, 4) is 5.75 Å². The molecule has 0 fully saturated rings. The molecule has 92 valence electrons. The van der Waals surface area contributed by atoms with E-state index in [1.807, 2.05) is 6.07 Å². The van der Waals surface area contributed by atoms with Crippen molar-refractivity contribution >= 4 is 5.69 Å². The molecule has 2 rings (SSSR count). The predicted molar refractivity (Wildman–Crippen MR) is 69.3 cm³/mol. The second kappa shape index (κ2) is 4.80. The van der Waals surface area contributed by atoms with Crippen molar-refractivity contribution < 1.29 is 10.2 Å². The second-order valence-corrected chi connectivity index (χ2v) is 4.68. The van der Waals surface area contributed by atoms with Gasteiger partial charge in [0.25, 0.3) is 0 Å². The van der Waals surface area contributed by atoms with Crippen LogP contribution in [0.5, 0.6) is 5.75 Å². The van der Waals surface area contributed by atoms with Crippen LogP contribution in [0.2, 0.25) is 0 Å². The first kappa shape index (κ1) is 12.0. The van der Waals surface area contributed by atoms with Crippen LogP contribution in [0.4, 0.5) is 5.69 Å². The van der Waals surface area contributed by atoms with Crippen molar-refractivity contribution in [2.45, 2.75) is 26.4 Å². The lowest BCUT2D eigenvalue weighted by atomic mass is 10.1. The topological polar surface area (TPSA) is 43.7 Å². The molecule has 1 atom stereocenters. The van der Waals surface area contributed by atoms with Gasteiger partial charge in [-0.05, 0) is 26.3 Å². The second-order valence-electron chi connectivity index (χ2n) is 4.68. The average Bonchev–Trinajstić information content (AvgIpc) is 2.28. The number of nitrogens with zero attached hydrogens (tertiary/aromatic N) is 1.